The van der Waals surface area contributed by atoms with E-state index in [9.17, 15) is 22.0 Å². The summed E-state index contributed by atoms with van der Waals surface area (Å²) in [4.78, 5) is 11.6. The van der Waals surface area contributed by atoms with E-state index in [4.69, 9.17) is 9.47 Å². The van der Waals surface area contributed by atoms with Gasteiger partial charge < -0.3 is 14.8 Å². The highest BCUT2D eigenvalue weighted by Gasteiger charge is 2.31. The smallest absolute Gasteiger partial charge is 0.416 e. The number of methoxy groups -OCH3 is 1. The molecule has 1 N–H and O–H groups in total. The van der Waals surface area contributed by atoms with Crippen LogP contribution in [0, 0.1) is 11.6 Å². The first-order chi connectivity index (χ1) is 16.3. The molecule has 0 bridgehead atoms. The number of ether oxygens (including phenoxy) is 2. The average molecular weight is 476 g/mol. The quantitative estimate of drug-likeness (QED) is 0.341. The summed E-state index contributed by atoms with van der Waals surface area (Å²) in [5, 5.41) is 2.93. The van der Waals surface area contributed by atoms with Gasteiger partial charge in [0.2, 0.25) is 5.88 Å². The van der Waals surface area contributed by atoms with Crippen molar-refractivity contribution in [2.24, 2.45) is 0 Å². The van der Waals surface area contributed by atoms with E-state index in [1.165, 1.54) is 7.11 Å². The fraction of sp³-hybridized carbons (Fsp3) is 0.174. The van der Waals surface area contributed by atoms with Crippen LogP contribution in [-0.4, -0.2) is 28.6 Å². The number of fused-ring (bicyclic) bond motifs is 1. The van der Waals surface area contributed by atoms with Crippen molar-refractivity contribution in [3.05, 3.63) is 77.8 Å². The third kappa shape index (κ3) is 4.98. The number of nitrogens with one attached hydrogen (secondary N) is 1. The molecule has 0 saturated carbocycles. The van der Waals surface area contributed by atoms with Crippen LogP contribution in [0.3, 0.4) is 0 Å². The number of pyridine rings is 1. The van der Waals surface area contributed by atoms with Crippen molar-refractivity contribution in [3.63, 3.8) is 0 Å². The number of rotatable bonds is 7. The maximum atomic E-state index is 14.2. The molecule has 6 nitrogen and oxygen atoms in total. The fourth-order valence-electron chi connectivity index (χ4n) is 3.27. The molecule has 4 aromatic rings. The molecule has 0 spiro atoms. The maximum Gasteiger partial charge on any atom is 0.416 e. The highest BCUT2D eigenvalue weighted by Crippen LogP contribution is 2.35. The molecule has 4 rings (SSSR count). The van der Waals surface area contributed by atoms with E-state index in [1.54, 1.807) is 18.2 Å². The third-order valence-corrected chi connectivity index (χ3v) is 4.90. The lowest BCUT2D eigenvalue weighted by Crippen LogP contribution is -2.08. The van der Waals surface area contributed by atoms with E-state index in [2.05, 4.69) is 20.3 Å². The third-order valence-electron chi connectivity index (χ3n) is 4.90. The minimum absolute atomic E-state index is 0.0441. The highest BCUT2D eigenvalue weighted by molar-refractivity contribution is 5.89. The van der Waals surface area contributed by atoms with E-state index in [-0.39, 0.29) is 34.1 Å². The summed E-state index contributed by atoms with van der Waals surface area (Å²) in [5.41, 5.74) is -0.213. The molecule has 0 fully saturated rings. The van der Waals surface area contributed by atoms with Crippen molar-refractivity contribution in [3.8, 4) is 17.4 Å². The summed E-state index contributed by atoms with van der Waals surface area (Å²) in [6.45, 7) is 0.320. The number of hydrogen-bond acceptors (Lipinski definition) is 6. The number of benzene rings is 2. The van der Waals surface area contributed by atoms with Gasteiger partial charge in [0.15, 0.2) is 11.5 Å². The van der Waals surface area contributed by atoms with E-state index in [0.717, 1.165) is 42.4 Å². The zero-order valence-corrected chi connectivity index (χ0v) is 17.7. The normalized spacial score (nSPS) is 11.5. The number of halogens is 5. The SMILES string of the molecule is COc1cc(CCNc2ncnc3c(F)ccc(F)c23)ccc1Oc1cc(C(F)(F)F)ccn1. The Balaban J connectivity index is 1.47. The van der Waals surface area contributed by atoms with Gasteiger partial charge in [-0.2, -0.15) is 13.2 Å². The van der Waals surface area contributed by atoms with Crippen molar-refractivity contribution >= 4 is 16.7 Å². The molecular formula is C23H17F5N4O2. The van der Waals surface area contributed by atoms with E-state index >= 15 is 0 Å². The molecule has 0 aliphatic rings. The Morgan fingerprint density at radius 2 is 1.71 bits per heavy atom. The lowest BCUT2D eigenvalue weighted by atomic mass is 10.1. The minimum Gasteiger partial charge on any atom is -0.493 e. The second-order valence-corrected chi connectivity index (χ2v) is 7.12. The topological polar surface area (TPSA) is 69.2 Å². The Morgan fingerprint density at radius 3 is 2.47 bits per heavy atom. The summed E-state index contributed by atoms with van der Waals surface area (Å²) in [5.74, 6) is -0.900. The molecule has 2 aromatic heterocycles. The van der Waals surface area contributed by atoms with Crippen molar-refractivity contribution in [1.82, 2.24) is 15.0 Å². The molecule has 0 radical (unpaired) electrons. The van der Waals surface area contributed by atoms with E-state index in [0.29, 0.717) is 13.0 Å². The van der Waals surface area contributed by atoms with Gasteiger partial charge in [-0.25, -0.2) is 23.7 Å². The van der Waals surface area contributed by atoms with Crippen LogP contribution in [0.1, 0.15) is 11.1 Å². The van der Waals surface area contributed by atoms with Gasteiger partial charge in [0.05, 0.1) is 18.1 Å². The lowest BCUT2D eigenvalue weighted by Gasteiger charge is -2.13. The summed E-state index contributed by atoms with van der Waals surface area (Å²) < 4.78 is 77.7. The van der Waals surface area contributed by atoms with Gasteiger partial charge >= 0.3 is 6.18 Å². The summed E-state index contributed by atoms with van der Waals surface area (Å²) >= 11 is 0. The molecule has 0 saturated heterocycles. The van der Waals surface area contributed by atoms with Crippen molar-refractivity contribution < 1.29 is 31.4 Å². The molecule has 2 heterocycles. The van der Waals surface area contributed by atoms with Gasteiger partial charge in [0.1, 0.15) is 29.3 Å². The number of anilines is 1. The summed E-state index contributed by atoms with van der Waals surface area (Å²) in [6.07, 6.45) is -1.92. The molecule has 2 aromatic carbocycles. The second-order valence-electron chi connectivity index (χ2n) is 7.12. The van der Waals surface area contributed by atoms with Gasteiger partial charge in [0, 0.05) is 18.8 Å². The van der Waals surface area contributed by atoms with Gasteiger partial charge in [-0.15, -0.1) is 0 Å². The molecule has 11 heteroatoms. The Morgan fingerprint density at radius 1 is 0.912 bits per heavy atom. The van der Waals surface area contributed by atoms with Gasteiger partial charge in [-0.05, 0) is 42.3 Å². The highest BCUT2D eigenvalue weighted by atomic mass is 19.4. The zero-order chi connectivity index (χ0) is 24.3. The molecule has 0 amide bonds. The molecule has 0 atom stereocenters. The molecule has 0 aliphatic heterocycles. The molecule has 0 aliphatic carbocycles. The monoisotopic (exact) mass is 476 g/mol. The van der Waals surface area contributed by atoms with Crippen molar-refractivity contribution in [2.75, 3.05) is 19.0 Å². The Hall–Kier alpha value is -4.02. The number of hydrogen-bond donors (Lipinski definition) is 1. The van der Waals surface area contributed by atoms with Crippen molar-refractivity contribution in [1.29, 1.82) is 0 Å². The predicted octanol–water partition coefficient (Wildman–Crippen LogP) is 5.78. The first kappa shape index (κ1) is 23.1. The van der Waals surface area contributed by atoms with Crippen LogP contribution in [0.2, 0.25) is 0 Å². The van der Waals surface area contributed by atoms with Crippen LogP contribution in [0.25, 0.3) is 10.9 Å². The van der Waals surface area contributed by atoms with Crippen LogP contribution in [0.5, 0.6) is 17.4 Å². The van der Waals surface area contributed by atoms with Gasteiger partial charge in [0.25, 0.3) is 0 Å². The molecule has 34 heavy (non-hydrogen) atoms. The maximum absolute atomic E-state index is 14.2. The van der Waals surface area contributed by atoms with Crippen LogP contribution in [-0.2, 0) is 12.6 Å². The molecule has 176 valence electrons. The number of aromatic nitrogens is 3. The minimum atomic E-state index is -4.52. The van der Waals surface area contributed by atoms with Crippen molar-refractivity contribution in [2.45, 2.75) is 12.6 Å². The Kier molecular flexibility index (Phi) is 6.44. The van der Waals surface area contributed by atoms with Crippen LogP contribution >= 0.6 is 0 Å². The van der Waals surface area contributed by atoms with E-state index in [1.807, 2.05) is 0 Å². The first-order valence-corrected chi connectivity index (χ1v) is 9.97. The van der Waals surface area contributed by atoms with Gasteiger partial charge in [-0.3, -0.25) is 0 Å². The Labute approximate surface area is 190 Å². The summed E-state index contributed by atoms with van der Waals surface area (Å²) in [6, 6.07) is 8.56. The van der Waals surface area contributed by atoms with Crippen LogP contribution in [0.15, 0.2) is 55.0 Å². The average Bonchev–Trinajstić information content (AvgIpc) is 2.82. The Bertz CT molecular complexity index is 1330. The van der Waals surface area contributed by atoms with Crippen LogP contribution in [0.4, 0.5) is 27.8 Å². The molecular weight excluding hydrogens is 459 g/mol. The lowest BCUT2D eigenvalue weighted by molar-refractivity contribution is -0.137. The first-order valence-electron chi connectivity index (χ1n) is 9.97. The fourth-order valence-corrected chi connectivity index (χ4v) is 3.27. The predicted molar refractivity (Wildman–Crippen MR) is 114 cm³/mol. The number of alkyl halides is 3. The van der Waals surface area contributed by atoms with E-state index < -0.39 is 23.4 Å². The van der Waals surface area contributed by atoms with Crippen LogP contribution < -0.4 is 14.8 Å². The standard InChI is InChI=1S/C23H17F5N4O2/c1-33-18-10-13(2-5-17(18)34-19-11-14(7-9-29-19)23(26,27)28)6-8-30-22-20-15(24)3-4-16(25)21(20)31-12-32-22/h2-5,7,9-12H,6,8H2,1H3,(H,30,31,32). The molecule has 0 unspecified atom stereocenters. The zero-order valence-electron chi connectivity index (χ0n) is 17.7. The number of nitrogens with zero attached hydrogens (tertiary/aromatic N) is 3. The largest absolute Gasteiger partial charge is 0.493 e. The van der Waals surface area contributed by atoms with Gasteiger partial charge in [-0.1, -0.05) is 6.07 Å². The summed E-state index contributed by atoms with van der Waals surface area (Å²) in [7, 11) is 1.40. The second kappa shape index (κ2) is 9.46.